The van der Waals surface area contributed by atoms with Crippen LogP contribution in [0.3, 0.4) is 0 Å². The topological polar surface area (TPSA) is 63.6 Å². The van der Waals surface area contributed by atoms with Crippen LogP contribution in [-0.4, -0.2) is 24.9 Å². The number of hydrogen-bond donors (Lipinski definition) is 1. The number of halogens is 1. The van der Waals surface area contributed by atoms with Crippen molar-refractivity contribution in [1.29, 1.82) is 0 Å². The second-order valence-electron chi connectivity index (χ2n) is 3.06. The maximum atomic E-state index is 10.1. The molecule has 0 aromatic rings. The largest absolute Gasteiger partial charge is 0.397 e. The Bertz CT molecular complexity index is 215. The first-order valence-electron chi connectivity index (χ1n) is 4.74. The molecule has 0 aliphatic carbocycles. The molecular formula is C8H17BrO4S. The van der Waals surface area contributed by atoms with Gasteiger partial charge in [-0.15, -0.1) is 0 Å². The molecular weight excluding hydrogens is 272 g/mol. The molecule has 0 saturated heterocycles. The highest BCUT2D eigenvalue weighted by molar-refractivity contribution is 9.09. The van der Waals surface area contributed by atoms with Gasteiger partial charge in [-0.25, -0.2) is 4.18 Å². The summed E-state index contributed by atoms with van der Waals surface area (Å²) in [7, 11) is -4.23. The van der Waals surface area contributed by atoms with E-state index in [1.807, 2.05) is 0 Å². The lowest BCUT2D eigenvalue weighted by Crippen LogP contribution is -2.04. The fraction of sp³-hybridized carbons (Fsp3) is 1.00. The van der Waals surface area contributed by atoms with Gasteiger partial charge in [0.2, 0.25) is 0 Å². The van der Waals surface area contributed by atoms with E-state index in [9.17, 15) is 8.42 Å². The van der Waals surface area contributed by atoms with Crippen molar-refractivity contribution in [2.45, 2.75) is 38.5 Å². The lowest BCUT2D eigenvalue weighted by molar-refractivity contribution is 0.261. The highest BCUT2D eigenvalue weighted by Crippen LogP contribution is 2.06. The summed E-state index contributed by atoms with van der Waals surface area (Å²) < 4.78 is 32.7. The van der Waals surface area contributed by atoms with E-state index in [1.54, 1.807) is 0 Å². The standard InChI is InChI=1S/C8H17BrO4S/c9-7-5-3-1-2-4-6-8-13-14(10,11)12/h1-8H2,(H,10,11,12). The summed E-state index contributed by atoms with van der Waals surface area (Å²) in [5.41, 5.74) is 0. The first-order valence-corrected chi connectivity index (χ1v) is 7.23. The van der Waals surface area contributed by atoms with Crippen LogP contribution in [-0.2, 0) is 14.6 Å². The van der Waals surface area contributed by atoms with E-state index in [0.29, 0.717) is 6.42 Å². The number of unbranched alkanes of at least 4 members (excludes halogenated alkanes) is 5. The minimum Gasteiger partial charge on any atom is -0.264 e. The van der Waals surface area contributed by atoms with Crippen LogP contribution in [0.4, 0.5) is 0 Å². The predicted molar refractivity (Wildman–Crippen MR) is 59.0 cm³/mol. The van der Waals surface area contributed by atoms with Crippen LogP contribution in [0.1, 0.15) is 38.5 Å². The van der Waals surface area contributed by atoms with E-state index in [0.717, 1.165) is 24.6 Å². The first kappa shape index (κ1) is 14.3. The van der Waals surface area contributed by atoms with E-state index in [-0.39, 0.29) is 6.61 Å². The molecule has 0 spiro atoms. The lowest BCUT2D eigenvalue weighted by atomic mass is 10.1. The van der Waals surface area contributed by atoms with Gasteiger partial charge in [0, 0.05) is 5.33 Å². The third-order valence-electron chi connectivity index (χ3n) is 1.76. The van der Waals surface area contributed by atoms with Crippen molar-refractivity contribution >= 4 is 26.3 Å². The van der Waals surface area contributed by atoms with Gasteiger partial charge < -0.3 is 0 Å². The molecule has 0 aromatic carbocycles. The molecule has 0 radical (unpaired) electrons. The van der Waals surface area contributed by atoms with Crippen molar-refractivity contribution in [1.82, 2.24) is 0 Å². The van der Waals surface area contributed by atoms with Gasteiger partial charge in [0.1, 0.15) is 0 Å². The summed E-state index contributed by atoms with van der Waals surface area (Å²) in [6.45, 7) is 0.0806. The predicted octanol–water partition coefficient (Wildman–Crippen LogP) is 2.54. The van der Waals surface area contributed by atoms with E-state index in [2.05, 4.69) is 20.1 Å². The summed E-state index contributed by atoms with van der Waals surface area (Å²) in [4.78, 5) is 0. The van der Waals surface area contributed by atoms with E-state index in [1.165, 1.54) is 12.8 Å². The molecule has 0 bridgehead atoms. The maximum absolute atomic E-state index is 10.1. The monoisotopic (exact) mass is 288 g/mol. The van der Waals surface area contributed by atoms with Crippen LogP contribution in [0.2, 0.25) is 0 Å². The van der Waals surface area contributed by atoms with Gasteiger partial charge in [-0.05, 0) is 12.8 Å². The minimum atomic E-state index is -4.23. The van der Waals surface area contributed by atoms with E-state index < -0.39 is 10.4 Å². The highest BCUT2D eigenvalue weighted by atomic mass is 79.9. The first-order chi connectivity index (χ1) is 6.56. The van der Waals surface area contributed by atoms with Crippen LogP contribution in [0, 0.1) is 0 Å². The molecule has 0 aromatic heterocycles. The lowest BCUT2D eigenvalue weighted by Gasteiger charge is -2.00. The Balaban J connectivity index is 3.07. The molecule has 4 nitrogen and oxygen atoms in total. The molecule has 0 aliphatic rings. The quantitative estimate of drug-likeness (QED) is 0.402. The molecule has 6 heteroatoms. The molecule has 0 heterocycles. The molecule has 0 amide bonds. The molecule has 0 saturated carbocycles. The SMILES string of the molecule is O=S(=O)(O)OCCCCCCCCBr. The van der Waals surface area contributed by atoms with Gasteiger partial charge >= 0.3 is 10.4 Å². The van der Waals surface area contributed by atoms with Crippen LogP contribution < -0.4 is 0 Å². The van der Waals surface area contributed by atoms with Gasteiger partial charge in [-0.1, -0.05) is 41.6 Å². The molecule has 0 fully saturated rings. The zero-order valence-electron chi connectivity index (χ0n) is 8.12. The van der Waals surface area contributed by atoms with Crippen molar-refractivity contribution in [2.75, 3.05) is 11.9 Å². The van der Waals surface area contributed by atoms with Crippen LogP contribution in [0.5, 0.6) is 0 Å². The smallest absolute Gasteiger partial charge is 0.264 e. The summed E-state index contributed by atoms with van der Waals surface area (Å²) in [5, 5.41) is 1.04. The Morgan fingerprint density at radius 1 is 1.00 bits per heavy atom. The Morgan fingerprint density at radius 3 is 2.00 bits per heavy atom. The van der Waals surface area contributed by atoms with Crippen LogP contribution in [0.15, 0.2) is 0 Å². The fourth-order valence-electron chi connectivity index (χ4n) is 1.07. The van der Waals surface area contributed by atoms with Gasteiger partial charge in [-0.2, -0.15) is 8.42 Å². The van der Waals surface area contributed by atoms with Gasteiger partial charge in [0.15, 0.2) is 0 Å². The average molecular weight is 289 g/mol. The second-order valence-corrected chi connectivity index (χ2v) is 4.94. The third kappa shape index (κ3) is 12.3. The molecule has 1 N–H and O–H groups in total. The van der Waals surface area contributed by atoms with Crippen molar-refractivity contribution in [3.05, 3.63) is 0 Å². The number of alkyl halides is 1. The minimum absolute atomic E-state index is 0.0806. The Morgan fingerprint density at radius 2 is 1.50 bits per heavy atom. The second kappa shape index (κ2) is 8.64. The van der Waals surface area contributed by atoms with E-state index in [4.69, 9.17) is 4.55 Å². The van der Waals surface area contributed by atoms with Crippen LogP contribution in [0.25, 0.3) is 0 Å². The van der Waals surface area contributed by atoms with Crippen LogP contribution >= 0.6 is 15.9 Å². The number of rotatable bonds is 9. The zero-order chi connectivity index (χ0) is 10.9. The maximum Gasteiger partial charge on any atom is 0.397 e. The van der Waals surface area contributed by atoms with E-state index >= 15 is 0 Å². The number of hydrogen-bond acceptors (Lipinski definition) is 3. The molecule has 0 aliphatic heterocycles. The summed E-state index contributed by atoms with van der Waals surface area (Å²) >= 11 is 3.35. The van der Waals surface area contributed by atoms with Crippen molar-refractivity contribution < 1.29 is 17.2 Å². The van der Waals surface area contributed by atoms with Crippen molar-refractivity contribution in [3.8, 4) is 0 Å². The highest BCUT2D eigenvalue weighted by Gasteiger charge is 2.02. The van der Waals surface area contributed by atoms with Gasteiger partial charge in [0.25, 0.3) is 0 Å². The average Bonchev–Trinajstić information content (AvgIpc) is 2.08. The normalized spacial score (nSPS) is 11.9. The fourth-order valence-corrected chi connectivity index (χ4v) is 1.79. The summed E-state index contributed by atoms with van der Waals surface area (Å²) in [5.74, 6) is 0. The summed E-state index contributed by atoms with van der Waals surface area (Å²) in [6, 6.07) is 0. The Labute approximate surface area is 94.1 Å². The van der Waals surface area contributed by atoms with Gasteiger partial charge in [0.05, 0.1) is 6.61 Å². The van der Waals surface area contributed by atoms with Crippen molar-refractivity contribution in [3.63, 3.8) is 0 Å². The van der Waals surface area contributed by atoms with Gasteiger partial charge in [-0.3, -0.25) is 4.55 Å². The zero-order valence-corrected chi connectivity index (χ0v) is 10.5. The third-order valence-corrected chi connectivity index (χ3v) is 2.79. The summed E-state index contributed by atoms with van der Waals surface area (Å²) in [6.07, 6.45) is 6.25. The molecule has 14 heavy (non-hydrogen) atoms. The molecule has 0 rings (SSSR count). The molecule has 0 atom stereocenters. The Hall–Kier alpha value is 0.350. The molecule has 86 valence electrons. The van der Waals surface area contributed by atoms with Crippen molar-refractivity contribution in [2.24, 2.45) is 0 Å². The molecule has 0 unspecified atom stereocenters. The Kier molecular flexibility index (Phi) is 8.86.